The fourth-order valence-corrected chi connectivity index (χ4v) is 6.45. The Labute approximate surface area is 251 Å². The van der Waals surface area contributed by atoms with Crippen molar-refractivity contribution in [2.24, 2.45) is 5.92 Å². The molecular formula is C29H37N2O5SY-. The number of carbonyl (C=O) groups is 2. The summed E-state index contributed by atoms with van der Waals surface area (Å²) in [5.74, 6) is -0.241. The average molecular weight is 615 g/mol. The Balaban J connectivity index is 0.00000400. The van der Waals surface area contributed by atoms with E-state index in [9.17, 15) is 23.1 Å². The van der Waals surface area contributed by atoms with Crippen LogP contribution >= 0.6 is 0 Å². The number of rotatable bonds is 9. The molecule has 38 heavy (non-hydrogen) atoms. The van der Waals surface area contributed by atoms with Crippen molar-refractivity contribution < 1.29 is 55.8 Å². The largest absolute Gasteiger partial charge is 0.388 e. The quantitative estimate of drug-likeness (QED) is 0.310. The summed E-state index contributed by atoms with van der Waals surface area (Å²) < 4.78 is 26.4. The third kappa shape index (κ3) is 6.57. The number of hydrogen-bond donors (Lipinski definition) is 1. The van der Waals surface area contributed by atoms with E-state index in [4.69, 9.17) is 0 Å². The minimum atomic E-state index is -4.15. The SMILES string of the molecule is [CH2-]Cc1cccc(CC2C(=O)N(S(=O)(=O)C(C)C)C(=O)N2c2ccc(C(O)CC3CCCCC3)cc2)c1.[Y]. The molecule has 0 aromatic heterocycles. The van der Waals surface area contributed by atoms with Crippen LogP contribution in [0.1, 0.15) is 75.2 Å². The standard InChI is InChI=1S/C29H37N2O5S.Y/c1-4-21-11-8-12-23(17-21)18-26-28(33)31(37(35,36)20(2)3)29(34)30(26)25-15-13-24(14-16-25)27(32)19-22-9-6-5-7-10-22;/h8,11-17,20,22,26-27,32H,1,4-7,9-10,18-19H2,2-3H3;/q-1;. The van der Waals surface area contributed by atoms with E-state index in [2.05, 4.69) is 6.92 Å². The summed E-state index contributed by atoms with van der Waals surface area (Å²) in [6.45, 7) is 6.81. The normalized spacial score (nSPS) is 19.7. The summed E-state index contributed by atoms with van der Waals surface area (Å²) in [7, 11) is -4.15. The number of amides is 3. The van der Waals surface area contributed by atoms with Crippen molar-refractivity contribution in [1.29, 1.82) is 0 Å². The molecule has 1 heterocycles. The molecule has 4 rings (SSSR count). The van der Waals surface area contributed by atoms with Crippen molar-refractivity contribution in [2.75, 3.05) is 4.90 Å². The van der Waals surface area contributed by atoms with E-state index >= 15 is 0 Å². The molecular weight excluding hydrogens is 577 g/mol. The Bertz CT molecular complexity index is 1230. The molecule has 2 fully saturated rings. The van der Waals surface area contributed by atoms with E-state index in [0.717, 1.165) is 29.5 Å². The first-order valence-corrected chi connectivity index (χ1v) is 14.7. The van der Waals surface area contributed by atoms with Gasteiger partial charge in [0.25, 0.3) is 5.91 Å². The summed E-state index contributed by atoms with van der Waals surface area (Å²) in [5.41, 5.74) is 2.98. The topological polar surface area (TPSA) is 95.0 Å². The Kier molecular flexibility index (Phi) is 10.7. The molecule has 1 aliphatic heterocycles. The zero-order valence-electron chi connectivity index (χ0n) is 22.3. The Morgan fingerprint density at radius 1 is 1.00 bits per heavy atom. The second-order valence-corrected chi connectivity index (χ2v) is 12.8. The van der Waals surface area contributed by atoms with Gasteiger partial charge in [0.15, 0.2) is 0 Å². The third-order valence-electron chi connectivity index (χ3n) is 7.57. The zero-order valence-corrected chi connectivity index (χ0v) is 25.9. The molecule has 1 saturated carbocycles. The van der Waals surface area contributed by atoms with E-state index < -0.39 is 39.4 Å². The summed E-state index contributed by atoms with van der Waals surface area (Å²) in [6.07, 6.45) is 6.79. The number of nitrogens with zero attached hydrogens (tertiary/aromatic N) is 2. The number of sulfonamides is 1. The maximum atomic E-state index is 13.5. The van der Waals surface area contributed by atoms with E-state index in [-0.39, 0.29) is 39.1 Å². The van der Waals surface area contributed by atoms with Crippen molar-refractivity contribution >= 4 is 27.6 Å². The van der Waals surface area contributed by atoms with Crippen molar-refractivity contribution in [3.63, 3.8) is 0 Å². The van der Waals surface area contributed by atoms with Crippen molar-refractivity contribution in [2.45, 2.75) is 82.6 Å². The molecule has 2 aromatic carbocycles. The number of carbonyl (C=O) groups excluding carboxylic acids is 2. The molecule has 7 nitrogen and oxygen atoms in total. The molecule has 2 aliphatic rings. The van der Waals surface area contributed by atoms with Gasteiger partial charge in [0.05, 0.1) is 11.4 Å². The second-order valence-electron chi connectivity index (χ2n) is 10.5. The number of hydrogen-bond acceptors (Lipinski definition) is 5. The summed E-state index contributed by atoms with van der Waals surface area (Å²) in [5, 5.41) is 9.88. The first kappa shape index (κ1) is 30.9. The van der Waals surface area contributed by atoms with Gasteiger partial charge < -0.3 is 12.0 Å². The predicted molar refractivity (Wildman–Crippen MR) is 144 cm³/mol. The van der Waals surface area contributed by atoms with Gasteiger partial charge in [-0.15, -0.1) is 0 Å². The first-order valence-electron chi connectivity index (χ1n) is 13.2. The average Bonchev–Trinajstić information content (AvgIpc) is 3.14. The van der Waals surface area contributed by atoms with Gasteiger partial charge in [-0.2, -0.15) is 10.7 Å². The van der Waals surface area contributed by atoms with Crippen LogP contribution in [0.25, 0.3) is 0 Å². The minimum absolute atomic E-state index is 0. The van der Waals surface area contributed by atoms with Crippen LogP contribution in [0.4, 0.5) is 10.5 Å². The Hall–Kier alpha value is -1.61. The van der Waals surface area contributed by atoms with Crippen LogP contribution in [0.2, 0.25) is 0 Å². The minimum Gasteiger partial charge on any atom is -0.388 e. The van der Waals surface area contributed by atoms with Gasteiger partial charge in [0.2, 0.25) is 10.0 Å². The van der Waals surface area contributed by atoms with Crippen molar-refractivity contribution in [3.8, 4) is 0 Å². The number of imide groups is 1. The van der Waals surface area contributed by atoms with Gasteiger partial charge in [0.1, 0.15) is 6.04 Å². The van der Waals surface area contributed by atoms with E-state index in [1.54, 1.807) is 24.3 Å². The van der Waals surface area contributed by atoms with E-state index in [1.807, 2.05) is 24.3 Å². The molecule has 2 unspecified atom stereocenters. The molecule has 3 amide bonds. The van der Waals surface area contributed by atoms with Crippen LogP contribution < -0.4 is 4.90 Å². The monoisotopic (exact) mass is 614 g/mol. The molecule has 0 bridgehead atoms. The molecule has 1 aliphatic carbocycles. The number of aliphatic hydroxyl groups excluding tert-OH is 1. The van der Waals surface area contributed by atoms with Gasteiger partial charge in [-0.3, -0.25) is 9.69 Å². The molecule has 0 spiro atoms. The van der Waals surface area contributed by atoms with Gasteiger partial charge in [-0.25, -0.2) is 13.2 Å². The second kappa shape index (κ2) is 13.2. The number of anilines is 1. The summed E-state index contributed by atoms with van der Waals surface area (Å²) >= 11 is 0. The number of benzene rings is 2. The number of urea groups is 1. The molecule has 1 saturated heterocycles. The van der Waals surface area contributed by atoms with Crippen LogP contribution in [0.5, 0.6) is 0 Å². The molecule has 1 N–H and O–H groups in total. The Morgan fingerprint density at radius 3 is 2.24 bits per heavy atom. The van der Waals surface area contributed by atoms with Gasteiger partial charge >= 0.3 is 6.03 Å². The van der Waals surface area contributed by atoms with Gasteiger partial charge in [-0.05, 0) is 49.4 Å². The van der Waals surface area contributed by atoms with Gasteiger partial charge in [-0.1, -0.05) is 74.1 Å². The Morgan fingerprint density at radius 2 is 1.63 bits per heavy atom. The molecule has 2 aromatic rings. The predicted octanol–water partition coefficient (Wildman–Crippen LogP) is 5.18. The van der Waals surface area contributed by atoms with Crippen LogP contribution in [-0.4, -0.2) is 41.1 Å². The molecule has 9 heteroatoms. The van der Waals surface area contributed by atoms with E-state index in [0.29, 0.717) is 28.8 Å². The first-order chi connectivity index (χ1) is 17.6. The summed E-state index contributed by atoms with van der Waals surface area (Å²) in [6, 6.07) is 12.6. The molecule has 1 radical (unpaired) electrons. The van der Waals surface area contributed by atoms with Gasteiger partial charge in [0, 0.05) is 44.8 Å². The maximum absolute atomic E-state index is 13.5. The smallest absolute Gasteiger partial charge is 0.346 e. The van der Waals surface area contributed by atoms with Crippen LogP contribution in [0.15, 0.2) is 48.5 Å². The molecule has 2 atom stereocenters. The van der Waals surface area contributed by atoms with Crippen LogP contribution in [-0.2, 0) is 60.4 Å². The fraction of sp³-hybridized carbons (Fsp3) is 0.483. The fourth-order valence-electron chi connectivity index (χ4n) is 5.35. The van der Waals surface area contributed by atoms with Crippen LogP contribution in [0, 0.1) is 12.8 Å². The zero-order chi connectivity index (χ0) is 26.7. The van der Waals surface area contributed by atoms with Crippen LogP contribution in [0.3, 0.4) is 0 Å². The van der Waals surface area contributed by atoms with Crippen molar-refractivity contribution in [3.05, 3.63) is 72.1 Å². The van der Waals surface area contributed by atoms with Crippen molar-refractivity contribution in [1.82, 2.24) is 4.31 Å². The van der Waals surface area contributed by atoms with E-state index in [1.165, 1.54) is 38.0 Å². The third-order valence-corrected chi connectivity index (χ3v) is 9.61. The molecule has 203 valence electrons. The number of aliphatic hydroxyl groups is 1. The maximum Gasteiger partial charge on any atom is 0.346 e. The summed E-state index contributed by atoms with van der Waals surface area (Å²) in [4.78, 5) is 28.2.